The molecule has 0 aliphatic rings. The van der Waals surface area contributed by atoms with Crippen LogP contribution in [-0.2, 0) is 6.54 Å². The van der Waals surface area contributed by atoms with Gasteiger partial charge in [0.2, 0.25) is 0 Å². The van der Waals surface area contributed by atoms with Crippen molar-refractivity contribution in [3.63, 3.8) is 0 Å². The van der Waals surface area contributed by atoms with Gasteiger partial charge in [0.25, 0.3) is 0 Å². The summed E-state index contributed by atoms with van der Waals surface area (Å²) < 4.78 is 5.21. The number of likely N-dealkylation sites (N-methyl/N-ethyl adjacent to an activating group) is 1. The van der Waals surface area contributed by atoms with E-state index in [2.05, 4.69) is 43.8 Å². The fourth-order valence-electron chi connectivity index (χ4n) is 2.12. The Morgan fingerprint density at radius 2 is 1.86 bits per heavy atom. The van der Waals surface area contributed by atoms with E-state index in [1.165, 1.54) is 12.0 Å². The van der Waals surface area contributed by atoms with E-state index in [4.69, 9.17) is 16.3 Å². The third kappa shape index (κ3) is 7.16. The van der Waals surface area contributed by atoms with Crippen LogP contribution in [0.15, 0.2) is 18.2 Å². The van der Waals surface area contributed by atoms with Crippen LogP contribution in [-0.4, -0.2) is 50.6 Å². The third-order valence-electron chi connectivity index (χ3n) is 3.51. The number of methoxy groups -OCH3 is 1. The Labute approximate surface area is 134 Å². The van der Waals surface area contributed by atoms with Crippen LogP contribution in [0.3, 0.4) is 0 Å². The summed E-state index contributed by atoms with van der Waals surface area (Å²) in [7, 11) is 5.88. The molecule has 0 unspecified atom stereocenters. The Kier molecular flexibility index (Phi) is 8.09. The van der Waals surface area contributed by atoms with Gasteiger partial charge in [0, 0.05) is 19.6 Å². The fraction of sp³-hybridized carbons (Fsp3) is 0.647. The van der Waals surface area contributed by atoms with Crippen molar-refractivity contribution in [1.82, 2.24) is 9.80 Å². The molecule has 1 rings (SSSR count). The lowest BCUT2D eigenvalue weighted by molar-refractivity contribution is 0.222. The number of hydrogen-bond acceptors (Lipinski definition) is 3. The van der Waals surface area contributed by atoms with E-state index >= 15 is 0 Å². The minimum atomic E-state index is 0.686. The van der Waals surface area contributed by atoms with Gasteiger partial charge in [-0.1, -0.05) is 31.5 Å². The molecule has 4 heteroatoms. The van der Waals surface area contributed by atoms with Crippen LogP contribution in [0.4, 0.5) is 0 Å². The molecule has 0 saturated heterocycles. The van der Waals surface area contributed by atoms with E-state index in [1.54, 1.807) is 7.11 Å². The van der Waals surface area contributed by atoms with Gasteiger partial charge >= 0.3 is 0 Å². The van der Waals surface area contributed by atoms with E-state index in [0.717, 1.165) is 37.8 Å². The molecule has 0 aromatic heterocycles. The number of ether oxygens (including phenoxy) is 1. The van der Waals surface area contributed by atoms with Crippen LogP contribution >= 0.6 is 11.6 Å². The zero-order valence-electron chi connectivity index (χ0n) is 14.0. The maximum atomic E-state index is 6.22. The normalized spacial score (nSPS) is 11.7. The van der Waals surface area contributed by atoms with Gasteiger partial charge in [-0.3, -0.25) is 4.90 Å². The topological polar surface area (TPSA) is 15.7 Å². The average Bonchev–Trinajstić information content (AvgIpc) is 2.41. The van der Waals surface area contributed by atoms with E-state index in [0.29, 0.717) is 5.02 Å². The Hall–Kier alpha value is -0.770. The molecule has 0 aliphatic heterocycles. The van der Waals surface area contributed by atoms with Crippen LogP contribution < -0.4 is 4.74 Å². The van der Waals surface area contributed by atoms with Crippen LogP contribution in [0.2, 0.25) is 5.02 Å². The molecule has 0 saturated carbocycles. The van der Waals surface area contributed by atoms with Crippen molar-refractivity contribution < 1.29 is 4.74 Å². The summed E-state index contributed by atoms with van der Waals surface area (Å²) in [5.74, 6) is 1.47. The first-order valence-electron chi connectivity index (χ1n) is 7.62. The second-order valence-corrected chi connectivity index (χ2v) is 6.64. The van der Waals surface area contributed by atoms with Crippen molar-refractivity contribution >= 4 is 11.6 Å². The van der Waals surface area contributed by atoms with Gasteiger partial charge in [-0.25, -0.2) is 0 Å². The highest BCUT2D eigenvalue weighted by Crippen LogP contribution is 2.25. The van der Waals surface area contributed by atoms with Gasteiger partial charge in [-0.05, 0) is 50.7 Å². The maximum Gasteiger partial charge on any atom is 0.137 e. The standard InChI is InChI=1S/C17H29ClN2O/c1-14(2)8-9-20(11-10-19(3)4)13-15-6-7-17(21-5)16(18)12-15/h6-7,12,14H,8-11,13H2,1-5H3. The smallest absolute Gasteiger partial charge is 0.137 e. The van der Waals surface area contributed by atoms with Crippen LogP contribution in [0.1, 0.15) is 25.8 Å². The Morgan fingerprint density at radius 1 is 1.14 bits per heavy atom. The molecule has 0 atom stereocenters. The lowest BCUT2D eigenvalue weighted by Crippen LogP contribution is -2.32. The van der Waals surface area contributed by atoms with Crippen molar-refractivity contribution in [3.05, 3.63) is 28.8 Å². The summed E-state index contributed by atoms with van der Waals surface area (Å²) in [5, 5.41) is 0.686. The van der Waals surface area contributed by atoms with Gasteiger partial charge in [0.15, 0.2) is 0 Å². The molecule has 0 bridgehead atoms. The molecular formula is C17H29ClN2O. The lowest BCUT2D eigenvalue weighted by atomic mass is 10.1. The fourth-order valence-corrected chi connectivity index (χ4v) is 2.40. The average molecular weight is 313 g/mol. The minimum Gasteiger partial charge on any atom is -0.495 e. The molecule has 21 heavy (non-hydrogen) atoms. The molecule has 0 heterocycles. The highest BCUT2D eigenvalue weighted by atomic mass is 35.5. The predicted molar refractivity (Wildman–Crippen MR) is 91.3 cm³/mol. The second kappa shape index (κ2) is 9.29. The van der Waals surface area contributed by atoms with Gasteiger partial charge < -0.3 is 9.64 Å². The second-order valence-electron chi connectivity index (χ2n) is 6.23. The monoisotopic (exact) mass is 312 g/mol. The summed E-state index contributed by atoms with van der Waals surface area (Å²) in [6, 6.07) is 6.06. The molecule has 1 aromatic carbocycles. The zero-order chi connectivity index (χ0) is 15.8. The van der Waals surface area contributed by atoms with Crippen molar-refractivity contribution in [1.29, 1.82) is 0 Å². The molecule has 0 N–H and O–H groups in total. The van der Waals surface area contributed by atoms with Gasteiger partial charge in [0.05, 0.1) is 12.1 Å². The summed E-state index contributed by atoms with van der Waals surface area (Å²) in [4.78, 5) is 4.72. The van der Waals surface area contributed by atoms with Crippen LogP contribution in [0, 0.1) is 5.92 Å². The number of hydrogen-bond donors (Lipinski definition) is 0. The highest BCUT2D eigenvalue weighted by molar-refractivity contribution is 6.32. The highest BCUT2D eigenvalue weighted by Gasteiger charge is 2.09. The minimum absolute atomic E-state index is 0.686. The van der Waals surface area contributed by atoms with E-state index in [9.17, 15) is 0 Å². The number of rotatable bonds is 9. The summed E-state index contributed by atoms with van der Waals surface area (Å²) >= 11 is 6.22. The molecule has 0 amide bonds. The van der Waals surface area contributed by atoms with Crippen LogP contribution in [0.25, 0.3) is 0 Å². The van der Waals surface area contributed by atoms with Crippen LogP contribution in [0.5, 0.6) is 5.75 Å². The maximum absolute atomic E-state index is 6.22. The Balaban J connectivity index is 2.67. The van der Waals surface area contributed by atoms with Crippen molar-refractivity contribution in [3.8, 4) is 5.75 Å². The summed E-state index contributed by atoms with van der Waals surface area (Å²) in [6.45, 7) is 8.74. The number of halogens is 1. The molecule has 3 nitrogen and oxygen atoms in total. The summed E-state index contributed by atoms with van der Waals surface area (Å²) in [6.07, 6.45) is 1.22. The Bertz CT molecular complexity index is 409. The van der Waals surface area contributed by atoms with E-state index in [1.807, 2.05) is 12.1 Å². The van der Waals surface area contributed by atoms with Crippen molar-refractivity contribution in [2.45, 2.75) is 26.8 Å². The van der Waals surface area contributed by atoms with E-state index in [-0.39, 0.29) is 0 Å². The lowest BCUT2D eigenvalue weighted by Gasteiger charge is -2.25. The largest absolute Gasteiger partial charge is 0.495 e. The SMILES string of the molecule is COc1ccc(CN(CCC(C)C)CCN(C)C)cc1Cl. The predicted octanol–water partition coefficient (Wildman–Crippen LogP) is 3.76. The molecule has 0 spiro atoms. The molecule has 0 fully saturated rings. The van der Waals surface area contributed by atoms with Gasteiger partial charge in [-0.15, -0.1) is 0 Å². The Morgan fingerprint density at radius 3 is 2.38 bits per heavy atom. The van der Waals surface area contributed by atoms with Crippen molar-refractivity contribution in [2.24, 2.45) is 5.92 Å². The van der Waals surface area contributed by atoms with Crippen molar-refractivity contribution in [2.75, 3.05) is 40.8 Å². The van der Waals surface area contributed by atoms with Gasteiger partial charge in [-0.2, -0.15) is 0 Å². The molecular weight excluding hydrogens is 284 g/mol. The molecule has 0 radical (unpaired) electrons. The quantitative estimate of drug-likeness (QED) is 0.690. The zero-order valence-corrected chi connectivity index (χ0v) is 14.8. The summed E-state index contributed by atoms with van der Waals surface area (Å²) in [5.41, 5.74) is 1.24. The third-order valence-corrected chi connectivity index (χ3v) is 3.80. The molecule has 1 aromatic rings. The first-order chi connectivity index (χ1) is 9.92. The first kappa shape index (κ1) is 18.3. The van der Waals surface area contributed by atoms with E-state index < -0.39 is 0 Å². The molecule has 120 valence electrons. The molecule has 0 aliphatic carbocycles. The first-order valence-corrected chi connectivity index (χ1v) is 7.99. The number of nitrogens with zero attached hydrogens (tertiary/aromatic N) is 2. The number of benzene rings is 1. The van der Waals surface area contributed by atoms with Gasteiger partial charge in [0.1, 0.15) is 5.75 Å².